The summed E-state index contributed by atoms with van der Waals surface area (Å²) in [6, 6.07) is 2.18. The molecule has 0 aliphatic heterocycles. The van der Waals surface area contributed by atoms with Crippen molar-refractivity contribution in [1.29, 1.82) is 0 Å². The molecule has 102 valence electrons. The zero-order valence-electron chi connectivity index (χ0n) is 11.2. The Labute approximate surface area is 123 Å². The van der Waals surface area contributed by atoms with Crippen LogP contribution in [0.4, 0.5) is 5.82 Å². The third kappa shape index (κ3) is 3.45. The molecule has 0 aliphatic carbocycles. The minimum absolute atomic E-state index is 0.557. The van der Waals surface area contributed by atoms with E-state index in [1.807, 2.05) is 0 Å². The molecule has 0 saturated carbocycles. The Morgan fingerprint density at radius 3 is 2.89 bits per heavy atom. The molecule has 19 heavy (non-hydrogen) atoms. The lowest BCUT2D eigenvalue weighted by molar-refractivity contribution is 0.897. The van der Waals surface area contributed by atoms with Gasteiger partial charge in [0.15, 0.2) is 0 Å². The van der Waals surface area contributed by atoms with Crippen LogP contribution in [-0.4, -0.2) is 9.97 Å². The Morgan fingerprint density at radius 2 is 2.16 bits per heavy atom. The molecule has 0 spiro atoms. The highest BCUT2D eigenvalue weighted by molar-refractivity contribution is 7.10. The summed E-state index contributed by atoms with van der Waals surface area (Å²) in [7, 11) is 0. The molecule has 0 bridgehead atoms. The lowest BCUT2D eigenvalue weighted by Crippen LogP contribution is -2.06. The lowest BCUT2D eigenvalue weighted by Gasteiger charge is -2.11. The molecular formula is C14H18ClN3S. The van der Waals surface area contributed by atoms with Gasteiger partial charge < -0.3 is 5.32 Å². The minimum atomic E-state index is 0.557. The summed E-state index contributed by atoms with van der Waals surface area (Å²) in [5, 5.41) is 6.08. The number of rotatable bonds is 6. The third-order valence-corrected chi connectivity index (χ3v) is 4.32. The van der Waals surface area contributed by atoms with Crippen molar-refractivity contribution in [3.8, 4) is 0 Å². The van der Waals surface area contributed by atoms with Crippen LogP contribution in [0.15, 0.2) is 17.8 Å². The van der Waals surface area contributed by atoms with E-state index in [-0.39, 0.29) is 0 Å². The smallest absolute Gasteiger partial charge is 0.137 e. The molecule has 0 aromatic carbocycles. The lowest BCUT2D eigenvalue weighted by atomic mass is 10.2. The van der Waals surface area contributed by atoms with Gasteiger partial charge in [0.25, 0.3) is 0 Å². The van der Waals surface area contributed by atoms with Crippen LogP contribution in [0.3, 0.4) is 0 Å². The Hall–Kier alpha value is -1.13. The van der Waals surface area contributed by atoms with Crippen LogP contribution in [0.2, 0.25) is 5.15 Å². The largest absolute Gasteiger partial charge is 0.365 e. The summed E-state index contributed by atoms with van der Waals surface area (Å²) in [6.45, 7) is 5.10. The highest BCUT2D eigenvalue weighted by Gasteiger charge is 2.10. The molecule has 2 aromatic heterocycles. The van der Waals surface area contributed by atoms with Gasteiger partial charge in [0.05, 0.1) is 6.54 Å². The number of anilines is 1. The van der Waals surface area contributed by atoms with E-state index in [4.69, 9.17) is 11.6 Å². The van der Waals surface area contributed by atoms with Gasteiger partial charge in [-0.3, -0.25) is 0 Å². The van der Waals surface area contributed by atoms with Crippen LogP contribution >= 0.6 is 22.9 Å². The van der Waals surface area contributed by atoms with E-state index in [0.29, 0.717) is 5.15 Å². The predicted octanol–water partition coefficient (Wildman–Crippen LogP) is 4.32. The van der Waals surface area contributed by atoms with Crippen molar-refractivity contribution in [2.75, 3.05) is 5.32 Å². The molecule has 5 heteroatoms. The zero-order valence-corrected chi connectivity index (χ0v) is 12.8. The molecule has 1 N–H and O–H groups in total. The van der Waals surface area contributed by atoms with E-state index in [2.05, 4.69) is 40.6 Å². The van der Waals surface area contributed by atoms with E-state index < -0.39 is 0 Å². The van der Waals surface area contributed by atoms with Crippen molar-refractivity contribution in [2.24, 2.45) is 0 Å². The second-order valence-corrected chi connectivity index (χ2v) is 5.68. The fourth-order valence-electron chi connectivity index (χ4n) is 2.02. The number of hydrogen-bond donors (Lipinski definition) is 1. The maximum absolute atomic E-state index is 6.14. The van der Waals surface area contributed by atoms with Crippen LogP contribution in [0.1, 0.15) is 36.3 Å². The fraction of sp³-hybridized carbons (Fsp3) is 0.429. The van der Waals surface area contributed by atoms with E-state index in [1.165, 1.54) is 16.8 Å². The summed E-state index contributed by atoms with van der Waals surface area (Å²) in [5.41, 5.74) is 2.41. The van der Waals surface area contributed by atoms with E-state index in [0.717, 1.165) is 37.2 Å². The number of halogens is 1. The van der Waals surface area contributed by atoms with Gasteiger partial charge in [-0.05, 0) is 29.9 Å². The van der Waals surface area contributed by atoms with Crippen molar-refractivity contribution < 1.29 is 0 Å². The SMILES string of the molecule is CCCc1c(Cl)ncnc1NCc1sccc1CC. The zero-order chi connectivity index (χ0) is 13.7. The predicted molar refractivity (Wildman–Crippen MR) is 82.1 cm³/mol. The Balaban J connectivity index is 2.13. The van der Waals surface area contributed by atoms with Crippen LogP contribution in [0.5, 0.6) is 0 Å². The molecule has 0 fully saturated rings. The molecule has 0 unspecified atom stereocenters. The summed E-state index contributed by atoms with van der Waals surface area (Å²) in [4.78, 5) is 9.73. The second-order valence-electron chi connectivity index (χ2n) is 4.32. The summed E-state index contributed by atoms with van der Waals surface area (Å²) < 4.78 is 0. The topological polar surface area (TPSA) is 37.8 Å². The summed E-state index contributed by atoms with van der Waals surface area (Å²) in [5.74, 6) is 0.859. The van der Waals surface area contributed by atoms with Gasteiger partial charge in [0.1, 0.15) is 17.3 Å². The summed E-state index contributed by atoms with van der Waals surface area (Å²) >= 11 is 7.92. The minimum Gasteiger partial charge on any atom is -0.365 e. The van der Waals surface area contributed by atoms with Crippen LogP contribution in [-0.2, 0) is 19.4 Å². The first-order valence-corrected chi connectivity index (χ1v) is 7.80. The van der Waals surface area contributed by atoms with E-state index in [1.54, 1.807) is 11.3 Å². The average molecular weight is 296 g/mol. The van der Waals surface area contributed by atoms with Crippen molar-refractivity contribution in [1.82, 2.24) is 9.97 Å². The number of aryl methyl sites for hydroxylation is 1. The molecule has 0 saturated heterocycles. The van der Waals surface area contributed by atoms with E-state index in [9.17, 15) is 0 Å². The van der Waals surface area contributed by atoms with E-state index >= 15 is 0 Å². The van der Waals surface area contributed by atoms with Gasteiger partial charge in [-0.2, -0.15) is 0 Å². The highest BCUT2D eigenvalue weighted by Crippen LogP contribution is 2.23. The van der Waals surface area contributed by atoms with Gasteiger partial charge in [0, 0.05) is 10.4 Å². The first kappa shape index (κ1) is 14.3. The van der Waals surface area contributed by atoms with Crippen molar-refractivity contribution in [3.05, 3.63) is 38.9 Å². The average Bonchev–Trinajstić information content (AvgIpc) is 2.87. The number of aromatic nitrogens is 2. The Morgan fingerprint density at radius 1 is 1.32 bits per heavy atom. The van der Waals surface area contributed by atoms with Crippen molar-refractivity contribution >= 4 is 28.8 Å². The van der Waals surface area contributed by atoms with Gasteiger partial charge in [-0.15, -0.1) is 11.3 Å². The fourth-order valence-corrected chi connectivity index (χ4v) is 3.16. The van der Waals surface area contributed by atoms with Gasteiger partial charge in [0.2, 0.25) is 0 Å². The Bertz CT molecular complexity index is 539. The van der Waals surface area contributed by atoms with Gasteiger partial charge in [-0.25, -0.2) is 9.97 Å². The molecule has 3 nitrogen and oxygen atoms in total. The molecule has 0 aliphatic rings. The molecule has 0 atom stereocenters. The van der Waals surface area contributed by atoms with Crippen LogP contribution in [0, 0.1) is 0 Å². The number of hydrogen-bond acceptors (Lipinski definition) is 4. The number of nitrogens with one attached hydrogen (secondary N) is 1. The number of thiophene rings is 1. The van der Waals surface area contributed by atoms with Gasteiger partial charge >= 0.3 is 0 Å². The molecule has 2 heterocycles. The number of nitrogens with zero attached hydrogens (tertiary/aromatic N) is 2. The quantitative estimate of drug-likeness (QED) is 0.807. The highest BCUT2D eigenvalue weighted by atomic mass is 35.5. The van der Waals surface area contributed by atoms with Crippen molar-refractivity contribution in [3.63, 3.8) is 0 Å². The van der Waals surface area contributed by atoms with Crippen LogP contribution < -0.4 is 5.32 Å². The summed E-state index contributed by atoms with van der Waals surface area (Å²) in [6.07, 6.45) is 4.50. The normalized spacial score (nSPS) is 10.7. The Kier molecular flexibility index (Phi) is 5.16. The van der Waals surface area contributed by atoms with Gasteiger partial charge in [-0.1, -0.05) is 31.9 Å². The first-order valence-electron chi connectivity index (χ1n) is 6.54. The molecule has 2 rings (SSSR count). The van der Waals surface area contributed by atoms with Crippen LogP contribution in [0.25, 0.3) is 0 Å². The third-order valence-electron chi connectivity index (χ3n) is 3.03. The molecule has 0 amide bonds. The molecule has 2 aromatic rings. The first-order chi connectivity index (χ1) is 9.26. The monoisotopic (exact) mass is 295 g/mol. The second kappa shape index (κ2) is 6.87. The van der Waals surface area contributed by atoms with Crippen molar-refractivity contribution in [2.45, 2.75) is 39.7 Å². The molecule has 0 radical (unpaired) electrons. The standard InChI is InChI=1S/C14H18ClN3S/c1-3-5-11-13(15)17-9-18-14(11)16-8-12-10(4-2)6-7-19-12/h6-7,9H,3-5,8H2,1-2H3,(H,16,17,18). The molecular weight excluding hydrogens is 278 g/mol. The maximum atomic E-state index is 6.14. The maximum Gasteiger partial charge on any atom is 0.137 e.